The van der Waals surface area contributed by atoms with Gasteiger partial charge in [-0.15, -0.1) is 0 Å². The normalized spacial score (nSPS) is 15.6. The minimum Gasteiger partial charge on any atom is -0.478 e. The van der Waals surface area contributed by atoms with Crippen LogP contribution in [0.15, 0.2) is 36.5 Å². The van der Waals surface area contributed by atoms with Crippen LogP contribution in [0, 0.1) is 11.7 Å². The number of hydrogen-bond donors (Lipinski definition) is 2. The third-order valence-corrected chi connectivity index (χ3v) is 5.41. The zero-order valence-corrected chi connectivity index (χ0v) is 18.2. The second kappa shape index (κ2) is 10.2. The highest BCUT2D eigenvalue weighted by Gasteiger charge is 2.33. The molecule has 2 N–H and O–H groups in total. The molecule has 0 radical (unpaired) electrons. The molecule has 0 unspecified atom stereocenters. The van der Waals surface area contributed by atoms with Crippen molar-refractivity contribution in [2.24, 2.45) is 5.92 Å². The molecule has 178 valence electrons. The number of carbonyl (C=O) groups excluding carboxylic acids is 2. The molecular weight excluding hydrogens is 468 g/mol. The summed E-state index contributed by atoms with van der Waals surface area (Å²) < 4.78 is 57.2. The van der Waals surface area contributed by atoms with Gasteiger partial charge in [-0.2, -0.15) is 13.2 Å². The summed E-state index contributed by atoms with van der Waals surface area (Å²) in [6, 6.07) is 6.44. The number of para-hydroxylation sites is 1. The van der Waals surface area contributed by atoms with Crippen LogP contribution in [0.4, 0.5) is 23.4 Å². The number of nitrogens with zero attached hydrogens (tertiary/aromatic N) is 2. The van der Waals surface area contributed by atoms with Crippen LogP contribution in [0.2, 0.25) is 5.02 Å². The van der Waals surface area contributed by atoms with E-state index in [1.807, 2.05) is 0 Å². The van der Waals surface area contributed by atoms with Crippen LogP contribution in [-0.2, 0) is 15.8 Å². The summed E-state index contributed by atoms with van der Waals surface area (Å²) >= 11 is 5.98. The number of halogens is 5. The van der Waals surface area contributed by atoms with Gasteiger partial charge in [-0.3, -0.25) is 20.4 Å². The Labute approximate surface area is 192 Å². The minimum absolute atomic E-state index is 0.0885. The Balaban J connectivity index is 1.47. The topological polar surface area (TPSA) is 83.6 Å². The monoisotopic (exact) mass is 488 g/mol. The van der Waals surface area contributed by atoms with E-state index < -0.39 is 41.4 Å². The molecule has 1 saturated heterocycles. The maximum absolute atomic E-state index is 13.6. The summed E-state index contributed by atoms with van der Waals surface area (Å²) in [5.74, 6) is -2.00. The molecule has 1 fully saturated rings. The van der Waals surface area contributed by atoms with Gasteiger partial charge >= 0.3 is 6.18 Å². The third-order valence-electron chi connectivity index (χ3n) is 5.13. The number of hydrogen-bond acceptors (Lipinski definition) is 5. The van der Waals surface area contributed by atoms with Crippen molar-refractivity contribution < 1.29 is 31.9 Å². The molecule has 0 saturated carbocycles. The van der Waals surface area contributed by atoms with E-state index in [0.717, 1.165) is 12.3 Å². The van der Waals surface area contributed by atoms with Crippen molar-refractivity contribution in [1.82, 2.24) is 15.8 Å². The number of aromatic nitrogens is 1. The Bertz CT molecular complexity index is 1010. The number of benzene rings is 1. The summed E-state index contributed by atoms with van der Waals surface area (Å²) in [6.07, 6.45) is -4.12. The van der Waals surface area contributed by atoms with Crippen LogP contribution in [0.25, 0.3) is 0 Å². The molecule has 12 heteroatoms. The first-order valence-corrected chi connectivity index (χ1v) is 10.4. The fraction of sp³-hybridized carbons (Fsp3) is 0.381. The molecule has 1 aliphatic rings. The lowest BCUT2D eigenvalue weighted by atomic mass is 9.96. The maximum atomic E-state index is 13.6. The van der Waals surface area contributed by atoms with Crippen molar-refractivity contribution in [2.45, 2.75) is 32.0 Å². The van der Waals surface area contributed by atoms with Crippen LogP contribution in [-0.4, -0.2) is 36.0 Å². The summed E-state index contributed by atoms with van der Waals surface area (Å²) in [5.41, 5.74) is 3.64. The van der Waals surface area contributed by atoms with Crippen LogP contribution >= 0.6 is 11.6 Å². The van der Waals surface area contributed by atoms with Gasteiger partial charge in [0.15, 0.2) is 17.7 Å². The van der Waals surface area contributed by atoms with Gasteiger partial charge in [-0.1, -0.05) is 23.7 Å². The molecule has 3 rings (SSSR count). The molecule has 33 heavy (non-hydrogen) atoms. The lowest BCUT2D eigenvalue weighted by Crippen LogP contribution is -2.50. The van der Waals surface area contributed by atoms with Gasteiger partial charge in [0.25, 0.3) is 5.91 Å². The fourth-order valence-electron chi connectivity index (χ4n) is 3.28. The lowest BCUT2D eigenvalue weighted by Gasteiger charge is -2.32. The van der Waals surface area contributed by atoms with E-state index in [2.05, 4.69) is 15.8 Å². The first-order valence-electron chi connectivity index (χ1n) is 10.0. The van der Waals surface area contributed by atoms with Crippen molar-refractivity contribution in [3.63, 3.8) is 0 Å². The number of nitrogens with one attached hydrogen (secondary N) is 2. The molecule has 7 nitrogen and oxygen atoms in total. The number of pyridine rings is 1. The van der Waals surface area contributed by atoms with Gasteiger partial charge in [0.05, 0.1) is 10.6 Å². The number of carbonyl (C=O) groups is 2. The predicted octanol–water partition coefficient (Wildman–Crippen LogP) is 3.72. The molecule has 1 atom stereocenters. The average molecular weight is 489 g/mol. The zero-order chi connectivity index (χ0) is 24.2. The van der Waals surface area contributed by atoms with E-state index in [1.165, 1.54) is 25.1 Å². The standard InChI is InChI=1S/C21H21ClF4N4O3/c1-12(33-17-5-3-2-4-16(17)23)19(31)28-29-20(32)13-6-8-30(9-7-13)18-15(22)10-14(11-27-18)21(24,25)26/h2-5,10-13H,6-9H2,1H3,(H,28,31)(H,29,32)/t12-/m0/s1. The van der Waals surface area contributed by atoms with Crippen molar-refractivity contribution in [1.29, 1.82) is 0 Å². The van der Waals surface area contributed by atoms with E-state index in [1.54, 1.807) is 11.0 Å². The van der Waals surface area contributed by atoms with Crippen molar-refractivity contribution in [2.75, 3.05) is 18.0 Å². The highest BCUT2D eigenvalue weighted by atomic mass is 35.5. The van der Waals surface area contributed by atoms with Gasteiger partial charge < -0.3 is 9.64 Å². The number of piperidine rings is 1. The second-order valence-electron chi connectivity index (χ2n) is 7.46. The zero-order valence-electron chi connectivity index (χ0n) is 17.5. The number of hydrazine groups is 1. The first kappa shape index (κ1) is 24.6. The molecule has 0 aliphatic carbocycles. The summed E-state index contributed by atoms with van der Waals surface area (Å²) in [7, 11) is 0. The Hall–Kier alpha value is -3.08. The minimum atomic E-state index is -4.54. The van der Waals surface area contributed by atoms with Crippen LogP contribution < -0.4 is 20.5 Å². The smallest absolute Gasteiger partial charge is 0.417 e. The van der Waals surface area contributed by atoms with Crippen LogP contribution in [0.3, 0.4) is 0 Å². The average Bonchev–Trinajstić information content (AvgIpc) is 2.78. The molecule has 0 bridgehead atoms. The molecule has 2 aromatic rings. The van der Waals surface area contributed by atoms with Crippen molar-refractivity contribution >= 4 is 29.2 Å². The van der Waals surface area contributed by atoms with Gasteiger partial charge in [0, 0.05) is 25.2 Å². The van der Waals surface area contributed by atoms with E-state index in [0.29, 0.717) is 25.9 Å². The molecule has 1 aromatic carbocycles. The molecule has 0 spiro atoms. The van der Waals surface area contributed by atoms with Gasteiger partial charge in [-0.05, 0) is 38.0 Å². The van der Waals surface area contributed by atoms with Gasteiger partial charge in [-0.25, -0.2) is 9.37 Å². The molecule has 2 amide bonds. The van der Waals surface area contributed by atoms with Crippen LogP contribution in [0.1, 0.15) is 25.3 Å². The molecule has 1 aromatic heterocycles. The van der Waals surface area contributed by atoms with Crippen molar-refractivity contribution in [3.8, 4) is 5.75 Å². The summed E-state index contributed by atoms with van der Waals surface area (Å²) in [5, 5.41) is -0.121. The Morgan fingerprint density at radius 2 is 1.88 bits per heavy atom. The van der Waals surface area contributed by atoms with Crippen LogP contribution in [0.5, 0.6) is 5.75 Å². The van der Waals surface area contributed by atoms with E-state index in [4.69, 9.17) is 16.3 Å². The highest BCUT2D eigenvalue weighted by molar-refractivity contribution is 6.33. The SMILES string of the molecule is C[C@H](Oc1ccccc1F)C(=O)NNC(=O)C1CCN(c2ncc(C(F)(F)F)cc2Cl)CC1. The fourth-order valence-corrected chi connectivity index (χ4v) is 3.57. The summed E-state index contributed by atoms with van der Waals surface area (Å²) in [6.45, 7) is 2.10. The summed E-state index contributed by atoms with van der Waals surface area (Å²) in [4.78, 5) is 30.1. The van der Waals surface area contributed by atoms with E-state index in [9.17, 15) is 27.2 Å². The molecule has 2 heterocycles. The maximum Gasteiger partial charge on any atom is 0.417 e. The number of amides is 2. The number of ether oxygens (including phenoxy) is 1. The Kier molecular flexibility index (Phi) is 7.62. The third kappa shape index (κ3) is 6.25. The van der Waals surface area contributed by atoms with E-state index in [-0.39, 0.29) is 16.6 Å². The van der Waals surface area contributed by atoms with Crippen molar-refractivity contribution in [3.05, 3.63) is 52.9 Å². The predicted molar refractivity (Wildman–Crippen MR) is 112 cm³/mol. The first-order chi connectivity index (χ1) is 15.6. The van der Waals surface area contributed by atoms with Gasteiger partial charge in [0.1, 0.15) is 5.82 Å². The second-order valence-corrected chi connectivity index (χ2v) is 7.86. The number of rotatable bonds is 5. The largest absolute Gasteiger partial charge is 0.478 e. The molecule has 1 aliphatic heterocycles. The molecular formula is C21H21ClF4N4O3. The highest BCUT2D eigenvalue weighted by Crippen LogP contribution is 2.34. The Morgan fingerprint density at radius 1 is 1.21 bits per heavy atom. The Morgan fingerprint density at radius 3 is 2.48 bits per heavy atom. The number of anilines is 1. The number of alkyl halides is 3. The van der Waals surface area contributed by atoms with E-state index >= 15 is 0 Å². The lowest BCUT2D eigenvalue weighted by molar-refractivity contribution is -0.137. The quantitative estimate of drug-likeness (QED) is 0.495. The van der Waals surface area contributed by atoms with Gasteiger partial charge in [0.2, 0.25) is 5.91 Å².